The summed E-state index contributed by atoms with van der Waals surface area (Å²) in [7, 11) is 0. The van der Waals surface area contributed by atoms with Crippen molar-refractivity contribution in [1.29, 1.82) is 0 Å². The second kappa shape index (κ2) is 6.92. The highest BCUT2D eigenvalue weighted by atomic mass is 32.2. The van der Waals surface area contributed by atoms with Crippen LogP contribution >= 0.6 is 11.8 Å². The summed E-state index contributed by atoms with van der Waals surface area (Å²) in [5.41, 5.74) is 0.859. The van der Waals surface area contributed by atoms with Crippen LogP contribution in [0.2, 0.25) is 0 Å². The first-order valence-corrected chi connectivity index (χ1v) is 6.70. The van der Waals surface area contributed by atoms with Gasteiger partial charge in [-0.25, -0.2) is 4.39 Å². The molecular weight excluding hydrogens is 223 g/mol. The van der Waals surface area contributed by atoms with E-state index in [1.54, 1.807) is 17.8 Å². The quantitative estimate of drug-likeness (QED) is 0.826. The van der Waals surface area contributed by atoms with Crippen LogP contribution in [0.5, 0.6) is 0 Å². The van der Waals surface area contributed by atoms with Crippen LogP contribution in [0.3, 0.4) is 0 Å². The average molecular weight is 242 g/mol. The van der Waals surface area contributed by atoms with Crippen LogP contribution in [0.15, 0.2) is 24.3 Å². The van der Waals surface area contributed by atoms with Gasteiger partial charge in [0.1, 0.15) is 5.82 Å². The van der Waals surface area contributed by atoms with Crippen molar-refractivity contribution in [1.82, 2.24) is 0 Å². The first kappa shape index (κ1) is 13.5. The maximum absolute atomic E-state index is 12.9. The molecule has 0 bridgehead atoms. The fourth-order valence-electron chi connectivity index (χ4n) is 1.39. The van der Waals surface area contributed by atoms with Crippen LogP contribution in [0.25, 0.3) is 0 Å². The minimum Gasteiger partial charge on any atom is -0.392 e. The molecule has 0 aliphatic rings. The molecule has 0 amide bonds. The highest BCUT2D eigenvalue weighted by Crippen LogP contribution is 2.16. The molecule has 0 aliphatic heterocycles. The van der Waals surface area contributed by atoms with E-state index in [2.05, 4.69) is 13.8 Å². The minimum atomic E-state index is -0.388. The molecule has 90 valence electrons. The maximum atomic E-state index is 12.9. The summed E-state index contributed by atoms with van der Waals surface area (Å²) < 4.78 is 12.9. The number of benzene rings is 1. The molecule has 1 N–H and O–H groups in total. The molecule has 0 spiro atoms. The number of thioether (sulfide) groups is 1. The van der Waals surface area contributed by atoms with Crippen molar-refractivity contribution in [2.75, 3.05) is 5.75 Å². The van der Waals surface area contributed by atoms with Crippen molar-refractivity contribution in [3.63, 3.8) is 0 Å². The predicted octanol–water partition coefficient (Wildman–Crippen LogP) is 3.26. The Balaban J connectivity index is 2.36. The molecule has 3 heteroatoms. The van der Waals surface area contributed by atoms with Crippen LogP contribution < -0.4 is 0 Å². The number of rotatable bonds is 6. The number of aliphatic hydroxyl groups excluding tert-OH is 1. The van der Waals surface area contributed by atoms with Crippen LogP contribution in [0, 0.1) is 5.82 Å². The van der Waals surface area contributed by atoms with Crippen LogP contribution in [-0.4, -0.2) is 22.2 Å². The predicted molar refractivity (Wildman–Crippen MR) is 68.3 cm³/mol. The molecule has 2 unspecified atom stereocenters. The largest absolute Gasteiger partial charge is 0.392 e. The molecule has 16 heavy (non-hydrogen) atoms. The Morgan fingerprint density at radius 2 is 2.19 bits per heavy atom. The van der Waals surface area contributed by atoms with Crippen LogP contribution in [0.1, 0.15) is 25.8 Å². The van der Waals surface area contributed by atoms with Crippen molar-refractivity contribution in [2.24, 2.45) is 0 Å². The lowest BCUT2D eigenvalue weighted by Gasteiger charge is -2.13. The SMILES string of the molecule is CCC(C)SCC(O)Cc1cccc(F)c1. The Bertz CT molecular complexity index is 317. The zero-order valence-corrected chi connectivity index (χ0v) is 10.6. The van der Waals surface area contributed by atoms with Gasteiger partial charge in [-0.3, -0.25) is 0 Å². The van der Waals surface area contributed by atoms with Gasteiger partial charge in [0.15, 0.2) is 0 Å². The van der Waals surface area contributed by atoms with Gasteiger partial charge in [-0.05, 0) is 30.5 Å². The summed E-state index contributed by atoms with van der Waals surface area (Å²) in [6, 6.07) is 6.43. The third-order valence-electron chi connectivity index (χ3n) is 2.51. The van der Waals surface area contributed by atoms with E-state index in [0.29, 0.717) is 17.4 Å². The maximum Gasteiger partial charge on any atom is 0.123 e. The minimum absolute atomic E-state index is 0.237. The highest BCUT2D eigenvalue weighted by molar-refractivity contribution is 7.99. The van der Waals surface area contributed by atoms with E-state index in [-0.39, 0.29) is 11.9 Å². The lowest BCUT2D eigenvalue weighted by molar-refractivity contribution is 0.200. The summed E-state index contributed by atoms with van der Waals surface area (Å²) in [6.07, 6.45) is 1.25. The Hall–Kier alpha value is -0.540. The fraction of sp³-hybridized carbons (Fsp3) is 0.538. The van der Waals surface area contributed by atoms with Gasteiger partial charge in [0.25, 0.3) is 0 Å². The lowest BCUT2D eigenvalue weighted by atomic mass is 10.1. The monoisotopic (exact) mass is 242 g/mol. The van der Waals surface area contributed by atoms with Gasteiger partial charge in [-0.1, -0.05) is 26.0 Å². The average Bonchev–Trinajstić information content (AvgIpc) is 2.26. The van der Waals surface area contributed by atoms with Crippen molar-refractivity contribution >= 4 is 11.8 Å². The lowest BCUT2D eigenvalue weighted by Crippen LogP contribution is -2.15. The zero-order valence-electron chi connectivity index (χ0n) is 9.82. The standard InChI is InChI=1S/C13H19FOS/c1-3-10(2)16-9-13(15)8-11-5-4-6-12(14)7-11/h4-7,10,13,15H,3,8-9H2,1-2H3. The van der Waals surface area contributed by atoms with E-state index in [1.165, 1.54) is 12.1 Å². The summed E-state index contributed by atoms with van der Waals surface area (Å²) in [5.74, 6) is 0.477. The smallest absolute Gasteiger partial charge is 0.123 e. The molecule has 0 radical (unpaired) electrons. The van der Waals surface area contributed by atoms with E-state index in [1.807, 2.05) is 6.07 Å². The summed E-state index contributed by atoms with van der Waals surface area (Å²) in [4.78, 5) is 0. The molecule has 0 saturated carbocycles. The molecule has 1 aromatic carbocycles. The van der Waals surface area contributed by atoms with E-state index < -0.39 is 0 Å². The molecule has 0 aliphatic carbocycles. The normalized spacial score (nSPS) is 14.8. The Kier molecular flexibility index (Phi) is 5.85. The highest BCUT2D eigenvalue weighted by Gasteiger charge is 2.08. The first-order chi connectivity index (χ1) is 7.61. The Labute approximate surface area is 101 Å². The van der Waals surface area contributed by atoms with Gasteiger partial charge in [0.2, 0.25) is 0 Å². The number of hydrogen-bond acceptors (Lipinski definition) is 2. The number of halogens is 1. The molecule has 0 fully saturated rings. The van der Waals surface area contributed by atoms with E-state index in [4.69, 9.17) is 0 Å². The van der Waals surface area contributed by atoms with Gasteiger partial charge in [-0.2, -0.15) is 11.8 Å². The molecule has 2 atom stereocenters. The van der Waals surface area contributed by atoms with Gasteiger partial charge < -0.3 is 5.11 Å². The van der Waals surface area contributed by atoms with Crippen molar-refractivity contribution < 1.29 is 9.50 Å². The summed E-state index contributed by atoms with van der Waals surface area (Å²) in [6.45, 7) is 4.29. The third kappa shape index (κ3) is 4.99. The van der Waals surface area contributed by atoms with Crippen molar-refractivity contribution in [2.45, 2.75) is 38.0 Å². The zero-order chi connectivity index (χ0) is 12.0. The topological polar surface area (TPSA) is 20.2 Å². The molecule has 1 nitrogen and oxygen atoms in total. The van der Waals surface area contributed by atoms with E-state index >= 15 is 0 Å². The molecule has 0 heterocycles. The van der Waals surface area contributed by atoms with Crippen molar-refractivity contribution in [3.8, 4) is 0 Å². The Morgan fingerprint density at radius 1 is 1.44 bits per heavy atom. The van der Waals surface area contributed by atoms with Gasteiger partial charge >= 0.3 is 0 Å². The second-order valence-corrected chi connectivity index (χ2v) is 5.51. The molecular formula is C13H19FOS. The van der Waals surface area contributed by atoms with Crippen LogP contribution in [-0.2, 0) is 6.42 Å². The van der Waals surface area contributed by atoms with E-state index in [9.17, 15) is 9.50 Å². The fourth-order valence-corrected chi connectivity index (χ4v) is 2.29. The summed E-state index contributed by atoms with van der Waals surface area (Å²) >= 11 is 1.76. The second-order valence-electron chi connectivity index (χ2n) is 4.04. The van der Waals surface area contributed by atoms with E-state index in [0.717, 1.165) is 12.0 Å². The van der Waals surface area contributed by atoms with Crippen LogP contribution in [0.4, 0.5) is 4.39 Å². The first-order valence-electron chi connectivity index (χ1n) is 5.66. The van der Waals surface area contributed by atoms with Gasteiger partial charge in [0, 0.05) is 11.0 Å². The summed E-state index contributed by atoms with van der Waals surface area (Å²) in [5, 5.41) is 10.4. The Morgan fingerprint density at radius 3 is 2.81 bits per heavy atom. The number of hydrogen-bond donors (Lipinski definition) is 1. The molecule has 0 saturated heterocycles. The van der Waals surface area contributed by atoms with Gasteiger partial charge in [-0.15, -0.1) is 0 Å². The molecule has 1 rings (SSSR count). The molecule has 1 aromatic rings. The number of aliphatic hydroxyl groups is 1. The third-order valence-corrected chi connectivity index (χ3v) is 3.99. The van der Waals surface area contributed by atoms with Crippen molar-refractivity contribution in [3.05, 3.63) is 35.6 Å². The molecule has 0 aromatic heterocycles. The van der Waals surface area contributed by atoms with Gasteiger partial charge in [0.05, 0.1) is 6.10 Å².